The van der Waals surface area contributed by atoms with Crippen LogP contribution in [-0.2, 0) is 16.1 Å². The number of amides is 4. The summed E-state index contributed by atoms with van der Waals surface area (Å²) in [5, 5.41) is 3.58. The summed E-state index contributed by atoms with van der Waals surface area (Å²) >= 11 is 0. The van der Waals surface area contributed by atoms with Gasteiger partial charge in [-0.1, -0.05) is 31.4 Å². The average Bonchev–Trinajstić information content (AvgIpc) is 3.00. The number of rotatable bonds is 6. The zero-order chi connectivity index (χ0) is 24.3. The van der Waals surface area contributed by atoms with Crippen LogP contribution >= 0.6 is 0 Å². The first-order chi connectivity index (χ1) is 16.1. The molecule has 3 fully saturated rings. The van der Waals surface area contributed by atoms with Gasteiger partial charge in [0.05, 0.1) is 6.54 Å². The maximum atomic E-state index is 12.8. The number of alkyl halides is 3. The van der Waals surface area contributed by atoms with Crippen molar-refractivity contribution in [3.63, 3.8) is 0 Å². The fourth-order valence-electron chi connectivity index (χ4n) is 4.74. The van der Waals surface area contributed by atoms with E-state index < -0.39 is 23.8 Å². The first-order valence-electron chi connectivity index (χ1n) is 11.4. The number of nitrogens with zero attached hydrogens (tertiary/aromatic N) is 3. The Morgan fingerprint density at radius 2 is 1.62 bits per heavy atom. The molecule has 1 aliphatic carbocycles. The van der Waals surface area contributed by atoms with E-state index in [9.17, 15) is 27.6 Å². The Morgan fingerprint density at radius 1 is 1.00 bits per heavy atom. The fourth-order valence-corrected chi connectivity index (χ4v) is 4.74. The van der Waals surface area contributed by atoms with Crippen molar-refractivity contribution in [2.75, 3.05) is 32.7 Å². The first kappa shape index (κ1) is 24.3. The number of hydrogen-bond donors (Lipinski definition) is 2. The Hall–Kier alpha value is -2.86. The van der Waals surface area contributed by atoms with E-state index in [4.69, 9.17) is 0 Å². The van der Waals surface area contributed by atoms with Gasteiger partial charge in [0.2, 0.25) is 0 Å². The molecule has 2 heterocycles. The molecule has 0 unspecified atom stereocenters. The second-order valence-electron chi connectivity index (χ2n) is 8.99. The van der Waals surface area contributed by atoms with Crippen LogP contribution in [0.1, 0.15) is 37.7 Å². The molecule has 3 aliphatic rings. The van der Waals surface area contributed by atoms with E-state index >= 15 is 0 Å². The van der Waals surface area contributed by atoms with E-state index in [1.165, 1.54) is 12.1 Å². The maximum absolute atomic E-state index is 12.8. The molecule has 4 rings (SSSR count). The molecular weight excluding hydrogens is 455 g/mol. The molecule has 9 nitrogen and oxygen atoms in total. The van der Waals surface area contributed by atoms with Gasteiger partial charge in [0.1, 0.15) is 11.3 Å². The summed E-state index contributed by atoms with van der Waals surface area (Å²) in [6.45, 7) is 3.17. The average molecular weight is 483 g/mol. The topological polar surface area (TPSA) is 94.2 Å². The minimum absolute atomic E-state index is 0.0569. The molecule has 34 heavy (non-hydrogen) atoms. The summed E-state index contributed by atoms with van der Waals surface area (Å²) in [5.41, 5.74) is 2.43. The molecule has 0 atom stereocenters. The van der Waals surface area contributed by atoms with Gasteiger partial charge in [-0.3, -0.25) is 24.8 Å². The molecule has 2 aliphatic heterocycles. The van der Waals surface area contributed by atoms with Gasteiger partial charge in [0, 0.05) is 32.7 Å². The van der Waals surface area contributed by atoms with E-state index in [2.05, 4.69) is 20.4 Å². The largest absolute Gasteiger partial charge is 0.573 e. The highest BCUT2D eigenvalue weighted by Crippen LogP contribution is 2.33. The third kappa shape index (κ3) is 5.79. The summed E-state index contributed by atoms with van der Waals surface area (Å²) in [7, 11) is 0. The smallest absolute Gasteiger partial charge is 0.406 e. The summed E-state index contributed by atoms with van der Waals surface area (Å²) in [5.74, 6) is -1.07. The normalized spacial score (nSPS) is 21.6. The van der Waals surface area contributed by atoms with Crippen molar-refractivity contribution < 1.29 is 32.3 Å². The van der Waals surface area contributed by atoms with Crippen LogP contribution in [0.2, 0.25) is 0 Å². The van der Waals surface area contributed by atoms with Crippen molar-refractivity contribution in [2.24, 2.45) is 0 Å². The number of ether oxygens (including phenoxy) is 1. The highest BCUT2D eigenvalue weighted by atomic mass is 19.4. The quantitative estimate of drug-likeness (QED) is 0.602. The molecule has 1 spiro atoms. The number of hydrazine groups is 1. The number of piperazine rings is 1. The van der Waals surface area contributed by atoms with Gasteiger partial charge < -0.3 is 10.1 Å². The van der Waals surface area contributed by atoms with Gasteiger partial charge in [-0.2, -0.15) is 5.01 Å². The Kier molecular flexibility index (Phi) is 6.99. The minimum atomic E-state index is -4.71. The number of benzene rings is 1. The van der Waals surface area contributed by atoms with Crippen molar-refractivity contribution in [3.05, 3.63) is 29.8 Å². The van der Waals surface area contributed by atoms with Gasteiger partial charge in [-0.15, -0.1) is 13.2 Å². The van der Waals surface area contributed by atoms with E-state index in [0.717, 1.165) is 29.8 Å². The highest BCUT2D eigenvalue weighted by molar-refractivity contribution is 6.08. The summed E-state index contributed by atoms with van der Waals surface area (Å²) in [6, 6.07) is 5.18. The second-order valence-corrected chi connectivity index (χ2v) is 8.99. The minimum Gasteiger partial charge on any atom is -0.406 e. The summed E-state index contributed by atoms with van der Waals surface area (Å²) in [6.07, 6.45) is -0.782. The number of carbonyl (C=O) groups is 3. The predicted molar refractivity (Wildman–Crippen MR) is 114 cm³/mol. The van der Waals surface area contributed by atoms with E-state index in [-0.39, 0.29) is 18.2 Å². The third-order valence-electron chi connectivity index (χ3n) is 6.50. The number of carbonyl (C=O) groups excluding carboxylic acids is 3. The van der Waals surface area contributed by atoms with Crippen LogP contribution in [0.5, 0.6) is 5.75 Å². The van der Waals surface area contributed by atoms with E-state index in [0.29, 0.717) is 45.6 Å². The maximum Gasteiger partial charge on any atom is 0.573 e. The Balaban J connectivity index is 1.21. The molecule has 1 aromatic carbocycles. The predicted octanol–water partition coefficient (Wildman–Crippen LogP) is 1.99. The van der Waals surface area contributed by atoms with Gasteiger partial charge in [-0.05, 0) is 30.5 Å². The lowest BCUT2D eigenvalue weighted by molar-refractivity contribution is -0.274. The monoisotopic (exact) mass is 483 g/mol. The Bertz CT molecular complexity index is 910. The standard InChI is InChI=1S/C22H28F3N5O4/c23-22(24,25)34-17-6-4-16(5-7-17)14-28-10-12-29(13-11-28)15-18(31)27-30-19(32)21(26-20(30)33)8-2-1-3-9-21/h4-7H,1-3,8-15H2,(H,26,33)(H,27,31). The third-order valence-corrected chi connectivity index (χ3v) is 6.50. The molecule has 0 bridgehead atoms. The van der Waals surface area contributed by atoms with Gasteiger partial charge in [-0.25, -0.2) is 4.79 Å². The number of nitrogens with one attached hydrogen (secondary N) is 2. The van der Waals surface area contributed by atoms with Crippen LogP contribution in [0.4, 0.5) is 18.0 Å². The summed E-state index contributed by atoms with van der Waals surface area (Å²) < 4.78 is 40.7. The van der Waals surface area contributed by atoms with Crippen molar-refractivity contribution in [1.82, 2.24) is 25.6 Å². The lowest BCUT2D eigenvalue weighted by Crippen LogP contribution is -2.54. The van der Waals surface area contributed by atoms with Crippen LogP contribution in [0, 0.1) is 0 Å². The molecule has 1 saturated carbocycles. The Morgan fingerprint density at radius 3 is 2.24 bits per heavy atom. The molecular formula is C22H28F3N5O4. The van der Waals surface area contributed by atoms with Crippen LogP contribution in [-0.4, -0.2) is 77.3 Å². The molecule has 4 amide bonds. The molecule has 12 heteroatoms. The van der Waals surface area contributed by atoms with Gasteiger partial charge in [0.15, 0.2) is 0 Å². The van der Waals surface area contributed by atoms with Crippen LogP contribution in [0.3, 0.4) is 0 Å². The van der Waals surface area contributed by atoms with Crippen molar-refractivity contribution >= 4 is 17.8 Å². The van der Waals surface area contributed by atoms with E-state index in [1.807, 2.05) is 4.90 Å². The first-order valence-corrected chi connectivity index (χ1v) is 11.4. The summed E-state index contributed by atoms with van der Waals surface area (Å²) in [4.78, 5) is 41.6. The number of urea groups is 1. The molecule has 2 saturated heterocycles. The SMILES string of the molecule is O=C(CN1CCN(Cc2ccc(OC(F)(F)F)cc2)CC1)NN1C(=O)NC2(CCCCC2)C1=O. The fraction of sp³-hybridized carbons (Fsp3) is 0.591. The van der Waals surface area contributed by atoms with E-state index in [1.54, 1.807) is 12.1 Å². The second kappa shape index (κ2) is 9.79. The van der Waals surface area contributed by atoms with Crippen LogP contribution in [0.25, 0.3) is 0 Å². The van der Waals surface area contributed by atoms with Crippen molar-refractivity contribution in [1.29, 1.82) is 0 Å². The molecule has 0 aromatic heterocycles. The van der Waals surface area contributed by atoms with Crippen LogP contribution < -0.4 is 15.5 Å². The van der Waals surface area contributed by atoms with Gasteiger partial charge in [0.25, 0.3) is 11.8 Å². The van der Waals surface area contributed by atoms with Crippen molar-refractivity contribution in [3.8, 4) is 5.75 Å². The number of imide groups is 1. The number of halogens is 3. The zero-order valence-corrected chi connectivity index (χ0v) is 18.7. The lowest BCUT2D eigenvalue weighted by atomic mass is 9.82. The van der Waals surface area contributed by atoms with Crippen LogP contribution in [0.15, 0.2) is 24.3 Å². The Labute approximate surface area is 195 Å². The molecule has 1 aromatic rings. The zero-order valence-electron chi connectivity index (χ0n) is 18.7. The van der Waals surface area contributed by atoms with Crippen molar-refractivity contribution in [2.45, 2.75) is 50.6 Å². The number of hydrogen-bond acceptors (Lipinski definition) is 6. The molecule has 186 valence electrons. The van der Waals surface area contributed by atoms with Gasteiger partial charge >= 0.3 is 12.4 Å². The molecule has 0 radical (unpaired) electrons. The lowest BCUT2D eigenvalue weighted by Gasteiger charge is -2.34. The molecule has 2 N–H and O–H groups in total. The highest BCUT2D eigenvalue weighted by Gasteiger charge is 2.52.